The predicted octanol–water partition coefficient (Wildman–Crippen LogP) is 1.42. The molecule has 1 rings (SSSR count). The summed E-state index contributed by atoms with van der Waals surface area (Å²) in [6, 6.07) is 0. The van der Waals surface area contributed by atoms with E-state index in [1.807, 2.05) is 0 Å². The van der Waals surface area contributed by atoms with Crippen molar-refractivity contribution in [2.45, 2.75) is 39.5 Å². The van der Waals surface area contributed by atoms with Gasteiger partial charge in [-0.2, -0.15) is 0 Å². The minimum Gasteiger partial charge on any atom is -0.463 e. The smallest absolute Gasteiger partial charge is 0.305 e. The van der Waals surface area contributed by atoms with Crippen LogP contribution in [0.3, 0.4) is 0 Å². The highest BCUT2D eigenvalue weighted by atomic mass is 16.5. The lowest BCUT2D eigenvalue weighted by Crippen LogP contribution is -2.29. The maximum absolute atomic E-state index is 10.2. The number of nitrogens with zero attached hydrogens (tertiary/aromatic N) is 1. The fourth-order valence-electron chi connectivity index (χ4n) is 1.54. The number of likely N-dealkylation sites (tertiary alicyclic amines) is 1. The molecule has 96 valence electrons. The summed E-state index contributed by atoms with van der Waals surface area (Å²) in [5, 5.41) is 8.13. The molecule has 1 N–H and O–H groups in total. The fraction of sp³-hybridized carbons (Fsp3) is 0.917. The summed E-state index contributed by atoms with van der Waals surface area (Å²) in [4.78, 5) is 12.8. The van der Waals surface area contributed by atoms with Gasteiger partial charge >= 0.3 is 5.97 Å². The van der Waals surface area contributed by atoms with Gasteiger partial charge < -0.3 is 14.7 Å². The van der Waals surface area contributed by atoms with E-state index < -0.39 is 0 Å². The Bertz CT molecular complexity index is 168. The van der Waals surface area contributed by atoms with Crippen molar-refractivity contribution >= 4 is 5.97 Å². The van der Waals surface area contributed by atoms with Crippen molar-refractivity contribution in [1.82, 2.24) is 4.90 Å². The van der Waals surface area contributed by atoms with Crippen LogP contribution in [0, 0.1) is 0 Å². The summed E-state index contributed by atoms with van der Waals surface area (Å²) < 4.78 is 4.45. The molecule has 0 aliphatic carbocycles. The molecule has 16 heavy (non-hydrogen) atoms. The normalized spacial score (nSPS) is 16.2. The number of aliphatic hydroxyl groups is 1. The molecule has 1 heterocycles. The third-order valence-electron chi connectivity index (χ3n) is 2.54. The highest BCUT2D eigenvalue weighted by Gasteiger charge is 2.05. The van der Waals surface area contributed by atoms with Gasteiger partial charge in [0.25, 0.3) is 0 Å². The maximum atomic E-state index is 10.2. The minimum absolute atomic E-state index is 0.0915. The van der Waals surface area contributed by atoms with Crippen LogP contribution in [-0.2, 0) is 9.53 Å². The molecule has 0 radical (unpaired) electrons. The van der Waals surface area contributed by atoms with E-state index in [0.717, 1.165) is 0 Å². The Kier molecular flexibility index (Phi) is 10.5. The molecular weight excluding hydrogens is 206 g/mol. The number of piperidine rings is 1. The summed E-state index contributed by atoms with van der Waals surface area (Å²) in [5.41, 5.74) is 0. The molecular formula is C12H25NO3. The summed E-state index contributed by atoms with van der Waals surface area (Å²) >= 11 is 0. The first-order valence-electron chi connectivity index (χ1n) is 6.23. The SMILES string of the molecule is CCC(=O)OCCO.CCN1CCCCC1. The number of carbonyl (C=O) groups excluding carboxylic acids is 1. The number of esters is 1. The van der Waals surface area contributed by atoms with Crippen molar-refractivity contribution < 1.29 is 14.6 Å². The number of rotatable bonds is 4. The van der Waals surface area contributed by atoms with Crippen molar-refractivity contribution in [3.63, 3.8) is 0 Å². The zero-order valence-electron chi connectivity index (χ0n) is 10.6. The van der Waals surface area contributed by atoms with Crippen LogP contribution in [0.2, 0.25) is 0 Å². The Labute approximate surface area is 98.6 Å². The van der Waals surface area contributed by atoms with E-state index >= 15 is 0 Å². The molecule has 4 heteroatoms. The lowest BCUT2D eigenvalue weighted by Gasteiger charge is -2.24. The Morgan fingerprint density at radius 1 is 1.25 bits per heavy atom. The first-order chi connectivity index (χ1) is 7.74. The first-order valence-corrected chi connectivity index (χ1v) is 6.23. The van der Waals surface area contributed by atoms with Gasteiger partial charge in [0.2, 0.25) is 0 Å². The number of hydrogen-bond acceptors (Lipinski definition) is 4. The number of hydrogen-bond donors (Lipinski definition) is 1. The van der Waals surface area contributed by atoms with Crippen molar-refractivity contribution in [3.05, 3.63) is 0 Å². The van der Waals surface area contributed by atoms with Crippen molar-refractivity contribution in [2.24, 2.45) is 0 Å². The van der Waals surface area contributed by atoms with Crippen LogP contribution in [0.25, 0.3) is 0 Å². The number of carbonyl (C=O) groups is 1. The molecule has 0 amide bonds. The lowest BCUT2D eigenvalue weighted by atomic mass is 10.1. The minimum atomic E-state index is -0.265. The summed E-state index contributed by atoms with van der Waals surface area (Å²) in [5.74, 6) is -0.265. The molecule has 0 saturated carbocycles. The molecule has 1 aliphatic rings. The molecule has 0 aromatic heterocycles. The molecule has 0 atom stereocenters. The van der Waals surface area contributed by atoms with Gasteiger partial charge in [-0.25, -0.2) is 0 Å². The van der Waals surface area contributed by atoms with Gasteiger partial charge in [-0.3, -0.25) is 4.79 Å². The van der Waals surface area contributed by atoms with Crippen LogP contribution in [0.15, 0.2) is 0 Å². The van der Waals surface area contributed by atoms with E-state index in [1.165, 1.54) is 38.9 Å². The second kappa shape index (κ2) is 10.9. The Hall–Kier alpha value is -0.610. The quantitative estimate of drug-likeness (QED) is 0.744. The van der Waals surface area contributed by atoms with Crippen LogP contribution in [0.4, 0.5) is 0 Å². The molecule has 0 aromatic carbocycles. The lowest BCUT2D eigenvalue weighted by molar-refractivity contribution is -0.144. The van der Waals surface area contributed by atoms with E-state index in [9.17, 15) is 4.79 Å². The topological polar surface area (TPSA) is 49.8 Å². The highest BCUT2D eigenvalue weighted by molar-refractivity contribution is 5.68. The Morgan fingerprint density at radius 2 is 1.88 bits per heavy atom. The molecule has 1 fully saturated rings. The third-order valence-corrected chi connectivity index (χ3v) is 2.54. The zero-order valence-corrected chi connectivity index (χ0v) is 10.6. The van der Waals surface area contributed by atoms with Crippen LogP contribution in [-0.4, -0.2) is 48.8 Å². The molecule has 1 aliphatic heterocycles. The second-order valence-electron chi connectivity index (χ2n) is 3.79. The monoisotopic (exact) mass is 231 g/mol. The van der Waals surface area contributed by atoms with Gasteiger partial charge in [-0.1, -0.05) is 20.3 Å². The van der Waals surface area contributed by atoms with Crippen LogP contribution in [0.5, 0.6) is 0 Å². The van der Waals surface area contributed by atoms with E-state index in [0.29, 0.717) is 6.42 Å². The van der Waals surface area contributed by atoms with E-state index in [2.05, 4.69) is 16.6 Å². The summed E-state index contributed by atoms with van der Waals surface area (Å²) in [6.45, 7) is 7.91. The zero-order chi connectivity index (χ0) is 12.2. The largest absolute Gasteiger partial charge is 0.463 e. The molecule has 4 nitrogen and oxygen atoms in total. The number of aliphatic hydroxyl groups excluding tert-OH is 1. The molecule has 0 aromatic rings. The summed E-state index contributed by atoms with van der Waals surface area (Å²) in [6.07, 6.45) is 4.68. The first kappa shape index (κ1) is 15.4. The van der Waals surface area contributed by atoms with E-state index in [-0.39, 0.29) is 19.2 Å². The van der Waals surface area contributed by atoms with Gasteiger partial charge in [0, 0.05) is 6.42 Å². The number of ether oxygens (including phenoxy) is 1. The molecule has 0 spiro atoms. The second-order valence-corrected chi connectivity index (χ2v) is 3.79. The average Bonchev–Trinajstić information content (AvgIpc) is 2.37. The summed E-state index contributed by atoms with van der Waals surface area (Å²) in [7, 11) is 0. The van der Waals surface area contributed by atoms with Gasteiger partial charge in [0.1, 0.15) is 6.61 Å². The Morgan fingerprint density at radius 3 is 2.25 bits per heavy atom. The molecule has 0 bridgehead atoms. The maximum Gasteiger partial charge on any atom is 0.305 e. The van der Waals surface area contributed by atoms with Gasteiger partial charge in [-0.05, 0) is 32.5 Å². The van der Waals surface area contributed by atoms with Crippen molar-refractivity contribution in [1.29, 1.82) is 0 Å². The van der Waals surface area contributed by atoms with Crippen molar-refractivity contribution in [3.8, 4) is 0 Å². The Balaban J connectivity index is 0.000000281. The van der Waals surface area contributed by atoms with Crippen molar-refractivity contribution in [2.75, 3.05) is 32.8 Å². The average molecular weight is 231 g/mol. The molecule has 1 saturated heterocycles. The fourth-order valence-corrected chi connectivity index (χ4v) is 1.54. The van der Waals surface area contributed by atoms with Crippen LogP contribution < -0.4 is 0 Å². The van der Waals surface area contributed by atoms with Gasteiger partial charge in [0.15, 0.2) is 0 Å². The van der Waals surface area contributed by atoms with E-state index in [1.54, 1.807) is 6.92 Å². The third kappa shape index (κ3) is 8.68. The highest BCUT2D eigenvalue weighted by Crippen LogP contribution is 2.06. The standard InChI is InChI=1S/C7H15N.C5H10O3/c1-2-8-6-4-3-5-7-8;1-2-5(7)8-4-3-6/h2-7H2,1H3;6H,2-4H2,1H3. The van der Waals surface area contributed by atoms with Crippen LogP contribution in [0.1, 0.15) is 39.5 Å². The van der Waals surface area contributed by atoms with Crippen LogP contribution >= 0.6 is 0 Å². The van der Waals surface area contributed by atoms with Gasteiger partial charge in [-0.15, -0.1) is 0 Å². The predicted molar refractivity (Wildman–Crippen MR) is 64.3 cm³/mol. The van der Waals surface area contributed by atoms with E-state index in [4.69, 9.17) is 5.11 Å². The van der Waals surface area contributed by atoms with Gasteiger partial charge in [0.05, 0.1) is 6.61 Å². The molecule has 0 unspecified atom stereocenters.